The summed E-state index contributed by atoms with van der Waals surface area (Å²) < 4.78 is 5.10. The molecule has 1 nitrogen and oxygen atoms in total. The SMILES string of the molecule is C=Cc1ccc(C2=COC=C[B]2)cc1. The molecule has 0 aliphatic carbocycles. The smallest absolute Gasteiger partial charge is 0.190 e. The van der Waals surface area contributed by atoms with Crippen molar-refractivity contribution in [2.45, 2.75) is 0 Å². The van der Waals surface area contributed by atoms with E-state index in [4.69, 9.17) is 4.74 Å². The van der Waals surface area contributed by atoms with Crippen LogP contribution in [0.25, 0.3) is 11.5 Å². The predicted octanol–water partition coefficient (Wildman–Crippen LogP) is 2.83. The normalized spacial score (nSPS) is 13.9. The lowest BCUT2D eigenvalue weighted by Crippen LogP contribution is -1.97. The molecule has 1 aliphatic heterocycles. The molecule has 1 aromatic carbocycles. The van der Waals surface area contributed by atoms with Gasteiger partial charge in [0.05, 0.1) is 12.5 Å². The van der Waals surface area contributed by atoms with E-state index in [0.717, 1.165) is 16.6 Å². The lowest BCUT2D eigenvalue weighted by Gasteiger charge is -2.08. The summed E-state index contributed by atoms with van der Waals surface area (Å²) in [6.07, 6.45) is 5.23. The number of rotatable bonds is 2. The summed E-state index contributed by atoms with van der Waals surface area (Å²) in [4.78, 5) is 0. The number of ether oxygens (including phenoxy) is 1. The molecule has 2 rings (SSSR count). The second-order valence-electron chi connectivity index (χ2n) is 3.03. The van der Waals surface area contributed by atoms with Gasteiger partial charge in [0.2, 0.25) is 0 Å². The van der Waals surface area contributed by atoms with E-state index in [2.05, 4.69) is 18.7 Å². The second kappa shape index (κ2) is 4.01. The van der Waals surface area contributed by atoms with Gasteiger partial charge in [-0.15, -0.1) is 0 Å². The maximum absolute atomic E-state index is 5.10. The summed E-state index contributed by atoms with van der Waals surface area (Å²) >= 11 is 0. The molecule has 1 radical (unpaired) electrons. The van der Waals surface area contributed by atoms with Gasteiger partial charge in [0.15, 0.2) is 7.28 Å². The van der Waals surface area contributed by atoms with Crippen LogP contribution >= 0.6 is 0 Å². The van der Waals surface area contributed by atoms with E-state index in [1.807, 2.05) is 31.5 Å². The van der Waals surface area contributed by atoms with Gasteiger partial charge in [-0.1, -0.05) is 42.9 Å². The van der Waals surface area contributed by atoms with E-state index in [1.165, 1.54) is 0 Å². The van der Waals surface area contributed by atoms with Gasteiger partial charge in [-0.25, -0.2) is 0 Å². The topological polar surface area (TPSA) is 9.23 Å². The molecule has 0 atom stereocenters. The minimum Gasteiger partial charge on any atom is -0.474 e. The highest BCUT2D eigenvalue weighted by Crippen LogP contribution is 2.17. The average molecular weight is 181 g/mol. The van der Waals surface area contributed by atoms with Crippen LogP contribution in [-0.2, 0) is 4.74 Å². The van der Waals surface area contributed by atoms with Crippen molar-refractivity contribution in [2.75, 3.05) is 0 Å². The highest BCUT2D eigenvalue weighted by molar-refractivity contribution is 6.65. The average Bonchev–Trinajstić information content (AvgIpc) is 2.30. The first-order valence-electron chi connectivity index (χ1n) is 4.48. The van der Waals surface area contributed by atoms with Crippen molar-refractivity contribution in [3.63, 3.8) is 0 Å². The van der Waals surface area contributed by atoms with Crippen molar-refractivity contribution < 1.29 is 4.74 Å². The Hall–Kier alpha value is -1.70. The van der Waals surface area contributed by atoms with Gasteiger partial charge in [0.1, 0.15) is 0 Å². The molecule has 0 amide bonds. The van der Waals surface area contributed by atoms with Crippen LogP contribution in [0, 0.1) is 0 Å². The molecule has 0 aromatic heterocycles. The molecule has 1 aromatic rings. The third-order valence-electron chi connectivity index (χ3n) is 2.11. The number of hydrogen-bond acceptors (Lipinski definition) is 1. The summed E-state index contributed by atoms with van der Waals surface area (Å²) in [6.45, 7) is 3.71. The Morgan fingerprint density at radius 2 is 2.00 bits per heavy atom. The van der Waals surface area contributed by atoms with E-state index in [0.29, 0.717) is 0 Å². The summed E-state index contributed by atoms with van der Waals surface area (Å²) in [5.74, 6) is 1.89. The van der Waals surface area contributed by atoms with Crippen LogP contribution in [0.5, 0.6) is 0 Å². The minimum atomic E-state index is 1.09. The molecule has 0 bridgehead atoms. The van der Waals surface area contributed by atoms with E-state index >= 15 is 0 Å². The molecular weight excluding hydrogens is 171 g/mol. The minimum absolute atomic E-state index is 1.09. The molecule has 0 saturated carbocycles. The zero-order chi connectivity index (χ0) is 9.80. The molecule has 0 saturated heterocycles. The van der Waals surface area contributed by atoms with Crippen molar-refractivity contribution in [3.05, 3.63) is 60.5 Å². The number of benzene rings is 1. The van der Waals surface area contributed by atoms with E-state index in [9.17, 15) is 0 Å². The van der Waals surface area contributed by atoms with E-state index in [-0.39, 0.29) is 0 Å². The Morgan fingerprint density at radius 3 is 2.57 bits per heavy atom. The van der Waals surface area contributed by atoms with Gasteiger partial charge in [-0.3, -0.25) is 0 Å². The van der Waals surface area contributed by atoms with Crippen LogP contribution in [0.1, 0.15) is 11.1 Å². The fourth-order valence-corrected chi connectivity index (χ4v) is 1.32. The Kier molecular flexibility index (Phi) is 2.54. The number of hydrogen-bond donors (Lipinski definition) is 0. The molecule has 1 heterocycles. The predicted molar refractivity (Wildman–Crippen MR) is 60.5 cm³/mol. The molecular formula is C12H10BO. The molecule has 0 spiro atoms. The lowest BCUT2D eigenvalue weighted by molar-refractivity contribution is 0.405. The molecule has 1 aliphatic rings. The molecule has 0 unspecified atom stereocenters. The Bertz CT molecular complexity index is 387. The van der Waals surface area contributed by atoms with E-state index in [1.54, 1.807) is 12.5 Å². The van der Waals surface area contributed by atoms with E-state index < -0.39 is 0 Å². The Balaban J connectivity index is 2.24. The Labute approximate surface area is 84.6 Å². The van der Waals surface area contributed by atoms with Gasteiger partial charge in [-0.2, -0.15) is 0 Å². The summed E-state index contributed by atoms with van der Waals surface area (Å²) in [7, 11) is 2.02. The summed E-state index contributed by atoms with van der Waals surface area (Å²) in [6, 6.07) is 8.19. The standard InChI is InChI=1S/C12H10BO/c1-2-10-3-5-11(6-4-10)12-9-14-8-7-13-12/h2-9H,1H2. The molecule has 2 heteroatoms. The van der Waals surface area contributed by atoms with Crippen LogP contribution in [0.4, 0.5) is 0 Å². The molecule has 14 heavy (non-hydrogen) atoms. The first kappa shape index (κ1) is 8.88. The summed E-state index contributed by atoms with van der Waals surface area (Å²) in [5, 5.41) is 0. The molecule has 0 N–H and O–H groups in total. The van der Waals surface area contributed by atoms with Crippen LogP contribution in [0.15, 0.2) is 49.3 Å². The maximum atomic E-state index is 5.10. The molecule has 67 valence electrons. The van der Waals surface area contributed by atoms with Crippen LogP contribution in [0.2, 0.25) is 0 Å². The monoisotopic (exact) mass is 181 g/mol. The zero-order valence-electron chi connectivity index (χ0n) is 7.81. The highest BCUT2D eigenvalue weighted by atomic mass is 16.5. The zero-order valence-corrected chi connectivity index (χ0v) is 7.81. The summed E-state index contributed by atoms with van der Waals surface area (Å²) in [5.41, 5.74) is 3.37. The van der Waals surface area contributed by atoms with Crippen molar-refractivity contribution in [1.29, 1.82) is 0 Å². The van der Waals surface area contributed by atoms with Crippen LogP contribution < -0.4 is 0 Å². The van der Waals surface area contributed by atoms with Gasteiger partial charge < -0.3 is 4.74 Å². The quantitative estimate of drug-likeness (QED) is 0.637. The van der Waals surface area contributed by atoms with Crippen LogP contribution in [0.3, 0.4) is 0 Å². The fourth-order valence-electron chi connectivity index (χ4n) is 1.32. The third kappa shape index (κ3) is 1.79. The highest BCUT2D eigenvalue weighted by Gasteiger charge is 2.03. The first-order chi connectivity index (χ1) is 6.90. The van der Waals surface area contributed by atoms with Gasteiger partial charge in [0, 0.05) is 0 Å². The fraction of sp³-hybridized carbons (Fsp3) is 0. The van der Waals surface area contributed by atoms with Crippen molar-refractivity contribution in [1.82, 2.24) is 0 Å². The third-order valence-corrected chi connectivity index (χ3v) is 2.11. The van der Waals surface area contributed by atoms with Gasteiger partial charge in [-0.05, 0) is 16.6 Å². The Morgan fingerprint density at radius 1 is 1.21 bits per heavy atom. The van der Waals surface area contributed by atoms with Gasteiger partial charge in [0.25, 0.3) is 0 Å². The lowest BCUT2D eigenvalue weighted by atomic mass is 9.67. The van der Waals surface area contributed by atoms with Crippen molar-refractivity contribution in [3.8, 4) is 0 Å². The first-order valence-corrected chi connectivity index (χ1v) is 4.48. The largest absolute Gasteiger partial charge is 0.474 e. The molecule has 0 fully saturated rings. The van der Waals surface area contributed by atoms with Crippen LogP contribution in [-0.4, -0.2) is 7.28 Å². The maximum Gasteiger partial charge on any atom is 0.190 e. The van der Waals surface area contributed by atoms with Gasteiger partial charge >= 0.3 is 0 Å². The van der Waals surface area contributed by atoms with Crippen molar-refractivity contribution in [2.24, 2.45) is 0 Å². The second-order valence-corrected chi connectivity index (χ2v) is 3.03. The van der Waals surface area contributed by atoms with Crippen molar-refractivity contribution >= 4 is 18.8 Å².